The summed E-state index contributed by atoms with van der Waals surface area (Å²) in [6, 6.07) is 11.6. The molecule has 0 aromatic heterocycles. The van der Waals surface area contributed by atoms with Gasteiger partial charge >= 0.3 is 5.97 Å². The van der Waals surface area contributed by atoms with E-state index in [0.29, 0.717) is 11.4 Å². The molecule has 1 aliphatic heterocycles. The molecule has 1 amide bonds. The van der Waals surface area contributed by atoms with Crippen LogP contribution in [0, 0.1) is 19.8 Å². The van der Waals surface area contributed by atoms with E-state index in [1.165, 1.54) is 13.2 Å². The Kier molecular flexibility index (Phi) is 6.40. The van der Waals surface area contributed by atoms with Crippen molar-refractivity contribution in [1.82, 2.24) is 10.9 Å². The first kappa shape index (κ1) is 21.8. The number of ether oxygens (including phenoxy) is 1. The van der Waals surface area contributed by atoms with Gasteiger partial charge in [0.25, 0.3) is 10.0 Å². The summed E-state index contributed by atoms with van der Waals surface area (Å²) in [7, 11) is -2.65. The van der Waals surface area contributed by atoms with Crippen LogP contribution in [0.1, 0.15) is 21.5 Å². The monoisotopic (exact) mass is 432 g/mol. The molecule has 2 aromatic carbocycles. The standard InChI is InChI=1S/C20H24N4O5S/c1-12-7-13(2)9-16(8-12)24-30(27,28)19-17(11-21-23-19)18(25)22-15-6-4-5-14(10-15)20(26)29-3/h4-10,17,19,21,23-24H,11H2,1-3H3,(H,22,25). The lowest BCUT2D eigenvalue weighted by Crippen LogP contribution is -2.45. The summed E-state index contributed by atoms with van der Waals surface area (Å²) in [4.78, 5) is 24.5. The highest BCUT2D eigenvalue weighted by Crippen LogP contribution is 2.22. The van der Waals surface area contributed by atoms with Gasteiger partial charge in [0.1, 0.15) is 0 Å². The molecule has 3 rings (SSSR count). The van der Waals surface area contributed by atoms with Crippen molar-refractivity contribution in [2.24, 2.45) is 5.92 Å². The maximum atomic E-state index is 12.9. The zero-order valence-corrected chi connectivity index (χ0v) is 17.7. The topological polar surface area (TPSA) is 126 Å². The van der Waals surface area contributed by atoms with Crippen molar-refractivity contribution in [3.63, 3.8) is 0 Å². The van der Waals surface area contributed by atoms with Gasteiger partial charge in [-0.2, -0.15) is 0 Å². The van der Waals surface area contributed by atoms with E-state index >= 15 is 0 Å². The van der Waals surface area contributed by atoms with E-state index in [1.54, 1.807) is 30.3 Å². The Morgan fingerprint density at radius 3 is 2.43 bits per heavy atom. The summed E-state index contributed by atoms with van der Waals surface area (Å²) in [6.45, 7) is 3.87. The average molecular weight is 433 g/mol. The summed E-state index contributed by atoms with van der Waals surface area (Å²) in [6.07, 6.45) is 0. The van der Waals surface area contributed by atoms with Crippen molar-refractivity contribution in [3.05, 3.63) is 59.2 Å². The summed E-state index contributed by atoms with van der Waals surface area (Å²) >= 11 is 0. The summed E-state index contributed by atoms with van der Waals surface area (Å²) in [5.41, 5.74) is 8.33. The molecule has 2 aromatic rings. The normalized spacial score (nSPS) is 18.6. The molecule has 9 nitrogen and oxygen atoms in total. The maximum absolute atomic E-state index is 12.9. The number of amides is 1. The van der Waals surface area contributed by atoms with Crippen molar-refractivity contribution in [3.8, 4) is 0 Å². The Balaban J connectivity index is 1.76. The predicted molar refractivity (Wildman–Crippen MR) is 113 cm³/mol. The number of nitrogens with one attached hydrogen (secondary N) is 4. The number of methoxy groups -OCH3 is 1. The van der Waals surface area contributed by atoms with E-state index in [-0.39, 0.29) is 12.1 Å². The van der Waals surface area contributed by atoms with Gasteiger partial charge in [0.2, 0.25) is 5.91 Å². The van der Waals surface area contributed by atoms with Crippen molar-refractivity contribution in [2.45, 2.75) is 19.2 Å². The minimum Gasteiger partial charge on any atom is -0.465 e. The molecule has 1 aliphatic rings. The van der Waals surface area contributed by atoms with E-state index in [0.717, 1.165) is 11.1 Å². The third kappa shape index (κ3) is 4.96. The second-order valence-corrected chi connectivity index (χ2v) is 8.94. The number of esters is 1. The second-order valence-electron chi connectivity index (χ2n) is 7.14. The number of hydrazine groups is 1. The van der Waals surface area contributed by atoms with Crippen molar-refractivity contribution < 1.29 is 22.7 Å². The van der Waals surface area contributed by atoms with Crippen LogP contribution in [0.5, 0.6) is 0 Å². The highest BCUT2D eigenvalue weighted by Gasteiger charge is 2.42. The summed E-state index contributed by atoms with van der Waals surface area (Å²) in [5, 5.41) is 1.49. The van der Waals surface area contributed by atoms with Crippen LogP contribution in [0.15, 0.2) is 42.5 Å². The van der Waals surface area contributed by atoms with E-state index in [1.807, 2.05) is 19.9 Å². The Bertz CT molecular complexity index is 1050. The minimum absolute atomic E-state index is 0.126. The van der Waals surface area contributed by atoms with Crippen LogP contribution in [-0.4, -0.2) is 39.3 Å². The first-order chi connectivity index (χ1) is 14.2. The number of hydrogen-bond acceptors (Lipinski definition) is 7. The fraction of sp³-hybridized carbons (Fsp3) is 0.300. The van der Waals surface area contributed by atoms with E-state index in [2.05, 4.69) is 25.6 Å². The number of anilines is 2. The van der Waals surface area contributed by atoms with Crippen molar-refractivity contribution in [1.29, 1.82) is 0 Å². The smallest absolute Gasteiger partial charge is 0.337 e. The van der Waals surface area contributed by atoms with Gasteiger partial charge in [-0.3, -0.25) is 14.9 Å². The van der Waals surface area contributed by atoms with Crippen LogP contribution in [-0.2, 0) is 19.6 Å². The van der Waals surface area contributed by atoms with Gasteiger partial charge in [-0.25, -0.2) is 18.6 Å². The van der Waals surface area contributed by atoms with Crippen LogP contribution in [0.3, 0.4) is 0 Å². The molecule has 2 unspecified atom stereocenters. The molecule has 1 fully saturated rings. The Hall–Kier alpha value is -2.95. The summed E-state index contributed by atoms with van der Waals surface area (Å²) in [5.74, 6) is -1.92. The van der Waals surface area contributed by atoms with Crippen LogP contribution in [0.4, 0.5) is 11.4 Å². The third-order valence-corrected chi connectivity index (χ3v) is 6.27. The van der Waals surface area contributed by atoms with Gasteiger partial charge < -0.3 is 10.1 Å². The van der Waals surface area contributed by atoms with Crippen molar-refractivity contribution in [2.75, 3.05) is 23.7 Å². The lowest BCUT2D eigenvalue weighted by Gasteiger charge is -2.20. The average Bonchev–Trinajstić information content (AvgIpc) is 3.17. The highest BCUT2D eigenvalue weighted by atomic mass is 32.2. The SMILES string of the molecule is COC(=O)c1cccc(NC(=O)C2CNNC2S(=O)(=O)Nc2cc(C)cc(C)c2)c1. The Morgan fingerprint density at radius 2 is 1.77 bits per heavy atom. The molecular weight excluding hydrogens is 408 g/mol. The van der Waals surface area contributed by atoms with Gasteiger partial charge in [-0.15, -0.1) is 0 Å². The molecular formula is C20H24N4O5S. The molecule has 10 heteroatoms. The predicted octanol–water partition coefficient (Wildman–Crippen LogP) is 1.52. The van der Waals surface area contributed by atoms with Gasteiger partial charge in [-0.05, 0) is 55.3 Å². The molecule has 4 N–H and O–H groups in total. The Labute approximate surface area is 175 Å². The molecule has 30 heavy (non-hydrogen) atoms. The number of sulfonamides is 1. The number of aryl methyl sites for hydroxylation is 2. The van der Waals surface area contributed by atoms with Crippen LogP contribution >= 0.6 is 0 Å². The first-order valence-electron chi connectivity index (χ1n) is 9.27. The van der Waals surface area contributed by atoms with Crippen molar-refractivity contribution >= 4 is 33.3 Å². The lowest BCUT2D eigenvalue weighted by atomic mass is 10.1. The fourth-order valence-electron chi connectivity index (χ4n) is 3.34. The number of carbonyl (C=O) groups is 2. The second kappa shape index (κ2) is 8.82. The zero-order valence-electron chi connectivity index (χ0n) is 16.9. The van der Waals surface area contributed by atoms with Gasteiger partial charge in [-0.1, -0.05) is 12.1 Å². The summed E-state index contributed by atoms with van der Waals surface area (Å²) < 4.78 is 33.1. The molecule has 0 saturated carbocycles. The molecule has 0 spiro atoms. The maximum Gasteiger partial charge on any atom is 0.337 e. The molecule has 0 aliphatic carbocycles. The first-order valence-corrected chi connectivity index (χ1v) is 10.8. The van der Waals surface area contributed by atoms with Crippen LogP contribution < -0.4 is 20.9 Å². The van der Waals surface area contributed by atoms with Crippen LogP contribution in [0.25, 0.3) is 0 Å². The van der Waals surface area contributed by atoms with E-state index in [4.69, 9.17) is 0 Å². The largest absolute Gasteiger partial charge is 0.465 e. The fourth-order valence-corrected chi connectivity index (χ4v) is 4.80. The van der Waals surface area contributed by atoms with Gasteiger partial charge in [0.15, 0.2) is 5.37 Å². The number of benzene rings is 2. The third-order valence-electron chi connectivity index (χ3n) is 4.64. The van der Waals surface area contributed by atoms with E-state index < -0.39 is 33.2 Å². The molecule has 2 atom stereocenters. The molecule has 1 heterocycles. The number of hydrogen-bond donors (Lipinski definition) is 4. The van der Waals surface area contributed by atoms with Gasteiger partial charge in [0, 0.05) is 17.9 Å². The molecule has 160 valence electrons. The number of carbonyl (C=O) groups excluding carboxylic acids is 2. The molecule has 1 saturated heterocycles. The lowest BCUT2D eigenvalue weighted by molar-refractivity contribution is -0.119. The molecule has 0 radical (unpaired) electrons. The quantitative estimate of drug-likeness (QED) is 0.510. The highest BCUT2D eigenvalue weighted by molar-refractivity contribution is 7.93. The van der Waals surface area contributed by atoms with Gasteiger partial charge in [0.05, 0.1) is 18.6 Å². The number of rotatable bonds is 6. The van der Waals surface area contributed by atoms with Crippen LogP contribution in [0.2, 0.25) is 0 Å². The Morgan fingerprint density at radius 1 is 1.07 bits per heavy atom. The molecule has 0 bridgehead atoms. The zero-order chi connectivity index (χ0) is 21.9. The van der Waals surface area contributed by atoms with E-state index in [9.17, 15) is 18.0 Å². The minimum atomic E-state index is -3.92.